The fourth-order valence-corrected chi connectivity index (χ4v) is 2.65. The van der Waals surface area contributed by atoms with Crippen molar-refractivity contribution in [3.8, 4) is 22.8 Å². The van der Waals surface area contributed by atoms with Gasteiger partial charge >= 0.3 is 0 Å². The molecule has 0 saturated carbocycles. The number of benzene rings is 3. The van der Waals surface area contributed by atoms with Gasteiger partial charge in [0.05, 0.1) is 5.69 Å². The van der Waals surface area contributed by atoms with E-state index in [0.29, 0.717) is 0 Å². The smallest absolute Gasteiger partial charge is 0.131 e. The number of nitrogens with zero attached hydrogens (tertiary/aromatic N) is 1. The molecular weight excluding hydrogens is 320 g/mol. The maximum Gasteiger partial charge on any atom is 0.131 e. The molecule has 0 saturated heterocycles. The summed E-state index contributed by atoms with van der Waals surface area (Å²) in [4.78, 5) is 4.69. The van der Waals surface area contributed by atoms with Gasteiger partial charge in [0, 0.05) is 11.3 Å². The minimum absolute atomic E-state index is 0.799. The van der Waals surface area contributed by atoms with Gasteiger partial charge in [-0.1, -0.05) is 54.6 Å². The lowest BCUT2D eigenvalue weighted by molar-refractivity contribution is 0.483. The third-order valence-corrected chi connectivity index (χ3v) is 3.92. The van der Waals surface area contributed by atoms with Crippen molar-refractivity contribution in [2.75, 3.05) is 5.32 Å². The third kappa shape index (κ3) is 3.90. The minimum atomic E-state index is 0.799. The zero-order valence-corrected chi connectivity index (χ0v) is 14.2. The molecule has 1 heterocycles. The number of para-hydroxylation sites is 1. The topological polar surface area (TPSA) is 34.1 Å². The highest BCUT2D eigenvalue weighted by Gasteiger charge is 2.02. The van der Waals surface area contributed by atoms with Crippen molar-refractivity contribution in [3.63, 3.8) is 0 Å². The first kappa shape index (κ1) is 15.9. The molecule has 0 atom stereocenters. The van der Waals surface area contributed by atoms with E-state index in [-0.39, 0.29) is 0 Å². The Labute approximate surface area is 152 Å². The molecule has 0 aliphatic heterocycles. The van der Waals surface area contributed by atoms with Gasteiger partial charge in [-0.25, -0.2) is 4.98 Å². The number of hydrogen-bond acceptors (Lipinski definition) is 3. The molecule has 4 aromatic rings. The van der Waals surface area contributed by atoms with E-state index in [0.717, 1.165) is 34.3 Å². The molecule has 0 amide bonds. The molecule has 0 aliphatic rings. The third-order valence-electron chi connectivity index (χ3n) is 3.92. The summed E-state index contributed by atoms with van der Waals surface area (Å²) in [6, 6.07) is 33.7. The van der Waals surface area contributed by atoms with Crippen molar-refractivity contribution in [1.29, 1.82) is 0 Å². The Bertz CT molecular complexity index is 968. The Morgan fingerprint density at radius 2 is 1.23 bits per heavy atom. The van der Waals surface area contributed by atoms with Gasteiger partial charge in [0.1, 0.15) is 17.3 Å². The number of aromatic nitrogens is 1. The highest BCUT2D eigenvalue weighted by Crippen LogP contribution is 2.25. The fourth-order valence-electron chi connectivity index (χ4n) is 2.65. The zero-order valence-electron chi connectivity index (χ0n) is 14.2. The Morgan fingerprint density at radius 1 is 0.577 bits per heavy atom. The molecule has 1 aromatic heterocycles. The van der Waals surface area contributed by atoms with Crippen molar-refractivity contribution < 1.29 is 4.74 Å². The molecule has 4 rings (SSSR count). The van der Waals surface area contributed by atoms with Crippen LogP contribution in [0.2, 0.25) is 0 Å². The number of anilines is 2. The van der Waals surface area contributed by atoms with E-state index in [4.69, 9.17) is 4.74 Å². The minimum Gasteiger partial charge on any atom is -0.457 e. The van der Waals surface area contributed by atoms with Gasteiger partial charge in [0.25, 0.3) is 0 Å². The van der Waals surface area contributed by atoms with Crippen LogP contribution < -0.4 is 10.1 Å². The van der Waals surface area contributed by atoms with Crippen molar-refractivity contribution in [2.24, 2.45) is 0 Å². The van der Waals surface area contributed by atoms with Gasteiger partial charge in [-0.3, -0.25) is 0 Å². The summed E-state index contributed by atoms with van der Waals surface area (Å²) < 4.78 is 5.82. The van der Waals surface area contributed by atoms with Crippen LogP contribution >= 0.6 is 0 Å². The zero-order chi connectivity index (χ0) is 17.6. The van der Waals surface area contributed by atoms with Crippen LogP contribution in [0, 0.1) is 0 Å². The Balaban J connectivity index is 1.48. The van der Waals surface area contributed by atoms with Gasteiger partial charge in [-0.2, -0.15) is 0 Å². The second kappa shape index (κ2) is 7.53. The van der Waals surface area contributed by atoms with E-state index < -0.39 is 0 Å². The number of pyridine rings is 1. The van der Waals surface area contributed by atoms with Gasteiger partial charge in [0.2, 0.25) is 0 Å². The molecule has 3 aromatic carbocycles. The lowest BCUT2D eigenvalue weighted by atomic mass is 10.1. The van der Waals surface area contributed by atoms with Crippen LogP contribution in [0.25, 0.3) is 11.3 Å². The van der Waals surface area contributed by atoms with E-state index in [9.17, 15) is 0 Å². The molecule has 1 N–H and O–H groups in total. The molecular formula is C23H18N2O. The van der Waals surface area contributed by atoms with Crippen LogP contribution in [0.1, 0.15) is 0 Å². The summed E-state index contributed by atoms with van der Waals surface area (Å²) in [5, 5.41) is 3.34. The first-order chi connectivity index (χ1) is 12.9. The molecule has 3 nitrogen and oxygen atoms in total. The number of rotatable bonds is 5. The molecule has 0 bridgehead atoms. The monoisotopic (exact) mass is 338 g/mol. The van der Waals surface area contributed by atoms with Gasteiger partial charge in [0.15, 0.2) is 0 Å². The predicted octanol–water partition coefficient (Wildman–Crippen LogP) is 6.28. The highest BCUT2D eigenvalue weighted by molar-refractivity contribution is 5.64. The van der Waals surface area contributed by atoms with Crippen LogP contribution in [0.15, 0.2) is 103 Å². The Morgan fingerprint density at radius 3 is 1.96 bits per heavy atom. The number of nitrogens with one attached hydrogen (secondary N) is 1. The summed E-state index contributed by atoms with van der Waals surface area (Å²) >= 11 is 0. The SMILES string of the molecule is c1ccc(Oc2ccc(Nc3cccc(-c4ccccc4)n3)cc2)cc1. The van der Waals surface area contributed by atoms with Crippen LogP contribution in [0.5, 0.6) is 11.5 Å². The molecule has 0 spiro atoms. The molecule has 0 aliphatic carbocycles. The molecule has 26 heavy (non-hydrogen) atoms. The second-order valence-electron chi connectivity index (χ2n) is 5.84. The van der Waals surface area contributed by atoms with E-state index >= 15 is 0 Å². The van der Waals surface area contributed by atoms with Crippen LogP contribution in [0.3, 0.4) is 0 Å². The Hall–Kier alpha value is -3.59. The summed E-state index contributed by atoms with van der Waals surface area (Å²) in [7, 11) is 0. The first-order valence-corrected chi connectivity index (χ1v) is 8.49. The standard InChI is InChI=1S/C23H18N2O/c1-3-8-18(9-4-1)22-12-7-13-23(25-22)24-19-14-16-21(17-15-19)26-20-10-5-2-6-11-20/h1-17H,(H,24,25). The average Bonchev–Trinajstić information content (AvgIpc) is 2.71. The van der Waals surface area contributed by atoms with Crippen LogP contribution in [0.4, 0.5) is 11.5 Å². The first-order valence-electron chi connectivity index (χ1n) is 8.49. The predicted molar refractivity (Wildman–Crippen MR) is 106 cm³/mol. The van der Waals surface area contributed by atoms with Gasteiger partial charge in [-0.15, -0.1) is 0 Å². The second-order valence-corrected chi connectivity index (χ2v) is 5.84. The van der Waals surface area contributed by atoms with Crippen molar-refractivity contribution >= 4 is 11.5 Å². The summed E-state index contributed by atoms with van der Waals surface area (Å²) in [6.45, 7) is 0. The molecule has 126 valence electrons. The van der Waals surface area contributed by atoms with Crippen LogP contribution in [-0.2, 0) is 0 Å². The van der Waals surface area contributed by atoms with E-state index in [1.165, 1.54) is 0 Å². The van der Waals surface area contributed by atoms with E-state index in [1.54, 1.807) is 0 Å². The highest BCUT2D eigenvalue weighted by atomic mass is 16.5. The normalized spacial score (nSPS) is 10.3. The van der Waals surface area contributed by atoms with Crippen molar-refractivity contribution in [1.82, 2.24) is 4.98 Å². The van der Waals surface area contributed by atoms with E-state index in [1.807, 2.05) is 91.0 Å². The number of ether oxygens (including phenoxy) is 1. The van der Waals surface area contributed by atoms with Crippen LogP contribution in [-0.4, -0.2) is 4.98 Å². The number of hydrogen-bond donors (Lipinski definition) is 1. The quantitative estimate of drug-likeness (QED) is 0.465. The molecule has 0 radical (unpaired) electrons. The van der Waals surface area contributed by atoms with Crippen molar-refractivity contribution in [2.45, 2.75) is 0 Å². The lowest BCUT2D eigenvalue weighted by Gasteiger charge is -2.09. The lowest BCUT2D eigenvalue weighted by Crippen LogP contribution is -1.94. The van der Waals surface area contributed by atoms with Crippen molar-refractivity contribution in [3.05, 3.63) is 103 Å². The van der Waals surface area contributed by atoms with Gasteiger partial charge < -0.3 is 10.1 Å². The molecule has 0 fully saturated rings. The fraction of sp³-hybridized carbons (Fsp3) is 0. The maximum absolute atomic E-state index is 5.82. The summed E-state index contributed by atoms with van der Waals surface area (Å²) in [6.07, 6.45) is 0. The largest absolute Gasteiger partial charge is 0.457 e. The summed E-state index contributed by atoms with van der Waals surface area (Å²) in [5.41, 5.74) is 3.01. The average molecular weight is 338 g/mol. The summed E-state index contributed by atoms with van der Waals surface area (Å²) in [5.74, 6) is 2.43. The maximum atomic E-state index is 5.82. The molecule has 3 heteroatoms. The van der Waals surface area contributed by atoms with E-state index in [2.05, 4.69) is 22.4 Å². The van der Waals surface area contributed by atoms with Gasteiger partial charge in [-0.05, 0) is 48.5 Å². The molecule has 0 unspecified atom stereocenters. The Kier molecular flexibility index (Phi) is 4.61.